The van der Waals surface area contributed by atoms with Crippen molar-refractivity contribution in [2.24, 2.45) is 0 Å². The molecule has 2 rings (SSSR count). The third kappa shape index (κ3) is 3.15. The Kier molecular flexibility index (Phi) is 4.44. The van der Waals surface area contributed by atoms with Crippen molar-refractivity contribution in [3.8, 4) is 5.75 Å². The molecule has 4 N–H and O–H groups in total. The van der Waals surface area contributed by atoms with Crippen LogP contribution in [0.3, 0.4) is 0 Å². The molecule has 0 aromatic heterocycles. The molecule has 0 amide bonds. The normalized spacial score (nSPS) is 21.7. The number of phenolic OH excluding ortho intramolecular Hbond substituents is 1. The van der Waals surface area contributed by atoms with Crippen LogP contribution in [0.2, 0.25) is 0 Å². The molecule has 4 heteroatoms. The molecule has 0 radical (unpaired) electrons. The molecular weight excluding hydrogens is 228 g/mol. The second-order valence-electron chi connectivity index (χ2n) is 5.04. The third-order valence-electron chi connectivity index (χ3n) is 3.69. The van der Waals surface area contributed by atoms with Crippen LogP contribution in [-0.4, -0.2) is 34.3 Å². The lowest BCUT2D eigenvalue weighted by atomic mass is 10.1. The van der Waals surface area contributed by atoms with Gasteiger partial charge in [-0.25, -0.2) is 0 Å². The molecule has 1 unspecified atom stereocenters. The summed E-state index contributed by atoms with van der Waals surface area (Å²) in [7, 11) is 0. The molecule has 1 fully saturated rings. The maximum Gasteiger partial charge on any atom is 0.120 e. The van der Waals surface area contributed by atoms with Crippen molar-refractivity contribution in [2.45, 2.75) is 38.3 Å². The van der Waals surface area contributed by atoms with E-state index in [9.17, 15) is 10.2 Å². The number of rotatable bonds is 3. The molecule has 0 aliphatic carbocycles. The summed E-state index contributed by atoms with van der Waals surface area (Å²) < 4.78 is 0. The standard InChI is InChI=1S/C14H22N2O2/c15-12-5-6-14(18)11(8-12)9-16-7-3-1-2-4-13(16)10-17/h5-6,8,13,17-18H,1-4,7,9-10,15H2. The number of aliphatic hydroxyl groups excluding tert-OH is 1. The molecule has 1 saturated heterocycles. The lowest BCUT2D eigenvalue weighted by Gasteiger charge is -2.28. The zero-order valence-corrected chi connectivity index (χ0v) is 10.7. The van der Waals surface area contributed by atoms with Crippen LogP contribution in [0.1, 0.15) is 31.2 Å². The van der Waals surface area contributed by atoms with E-state index in [4.69, 9.17) is 5.73 Å². The number of anilines is 1. The van der Waals surface area contributed by atoms with E-state index >= 15 is 0 Å². The van der Waals surface area contributed by atoms with Crippen molar-refractivity contribution in [2.75, 3.05) is 18.9 Å². The Labute approximate surface area is 108 Å². The largest absolute Gasteiger partial charge is 0.508 e. The maximum absolute atomic E-state index is 9.85. The monoisotopic (exact) mass is 250 g/mol. The van der Waals surface area contributed by atoms with Gasteiger partial charge in [0, 0.05) is 23.8 Å². The fraction of sp³-hybridized carbons (Fsp3) is 0.571. The van der Waals surface area contributed by atoms with E-state index in [0.717, 1.165) is 24.9 Å². The number of nitrogens with zero attached hydrogens (tertiary/aromatic N) is 1. The van der Waals surface area contributed by atoms with Gasteiger partial charge in [0.25, 0.3) is 0 Å². The molecule has 1 aliphatic rings. The Hall–Kier alpha value is -1.26. The van der Waals surface area contributed by atoms with Gasteiger partial charge in [0.05, 0.1) is 6.61 Å². The second-order valence-corrected chi connectivity index (χ2v) is 5.04. The first-order valence-electron chi connectivity index (χ1n) is 6.63. The minimum absolute atomic E-state index is 0.184. The van der Waals surface area contributed by atoms with Crippen LogP contribution >= 0.6 is 0 Å². The molecule has 1 atom stereocenters. The van der Waals surface area contributed by atoms with Crippen molar-refractivity contribution in [1.29, 1.82) is 0 Å². The molecule has 1 aliphatic heterocycles. The predicted molar refractivity (Wildman–Crippen MR) is 72.3 cm³/mol. The number of benzene rings is 1. The van der Waals surface area contributed by atoms with Crippen LogP contribution < -0.4 is 5.73 Å². The van der Waals surface area contributed by atoms with E-state index < -0.39 is 0 Å². The first kappa shape index (κ1) is 13.2. The topological polar surface area (TPSA) is 69.7 Å². The molecule has 4 nitrogen and oxygen atoms in total. The van der Waals surface area contributed by atoms with Crippen molar-refractivity contribution in [3.05, 3.63) is 23.8 Å². The van der Waals surface area contributed by atoms with Crippen molar-refractivity contribution in [1.82, 2.24) is 4.90 Å². The van der Waals surface area contributed by atoms with Crippen molar-refractivity contribution in [3.63, 3.8) is 0 Å². The van der Waals surface area contributed by atoms with E-state index in [2.05, 4.69) is 4.90 Å². The number of nitrogens with two attached hydrogens (primary N) is 1. The van der Waals surface area contributed by atoms with Gasteiger partial charge in [-0.2, -0.15) is 0 Å². The SMILES string of the molecule is Nc1ccc(O)c(CN2CCCCCC2CO)c1. The molecule has 0 saturated carbocycles. The van der Waals surface area contributed by atoms with Gasteiger partial charge in [0.1, 0.15) is 5.75 Å². The molecule has 1 heterocycles. The van der Waals surface area contributed by atoms with Gasteiger partial charge in [-0.1, -0.05) is 12.8 Å². The number of aliphatic hydroxyl groups is 1. The summed E-state index contributed by atoms with van der Waals surface area (Å²) in [6.07, 6.45) is 4.57. The highest BCUT2D eigenvalue weighted by Crippen LogP contribution is 2.25. The van der Waals surface area contributed by atoms with Gasteiger partial charge in [0.15, 0.2) is 0 Å². The highest BCUT2D eigenvalue weighted by atomic mass is 16.3. The minimum Gasteiger partial charge on any atom is -0.508 e. The molecule has 1 aromatic carbocycles. The fourth-order valence-electron chi connectivity index (χ4n) is 2.60. The van der Waals surface area contributed by atoms with Crippen LogP contribution in [0, 0.1) is 0 Å². The second kappa shape index (κ2) is 6.07. The quantitative estimate of drug-likeness (QED) is 0.564. The maximum atomic E-state index is 9.85. The van der Waals surface area contributed by atoms with E-state index in [-0.39, 0.29) is 18.4 Å². The zero-order valence-electron chi connectivity index (χ0n) is 10.7. The number of phenols is 1. The van der Waals surface area contributed by atoms with E-state index in [1.165, 1.54) is 12.8 Å². The van der Waals surface area contributed by atoms with Gasteiger partial charge in [-0.3, -0.25) is 4.90 Å². The summed E-state index contributed by atoms with van der Waals surface area (Å²) in [6, 6.07) is 5.35. The highest BCUT2D eigenvalue weighted by molar-refractivity contribution is 5.47. The Morgan fingerprint density at radius 1 is 1.28 bits per heavy atom. The molecular formula is C14H22N2O2. The van der Waals surface area contributed by atoms with Crippen molar-refractivity contribution >= 4 is 5.69 Å². The zero-order chi connectivity index (χ0) is 13.0. The average molecular weight is 250 g/mol. The van der Waals surface area contributed by atoms with Crippen LogP contribution in [0.15, 0.2) is 18.2 Å². The molecule has 100 valence electrons. The van der Waals surface area contributed by atoms with E-state index in [1.807, 2.05) is 6.07 Å². The smallest absolute Gasteiger partial charge is 0.120 e. The fourth-order valence-corrected chi connectivity index (χ4v) is 2.60. The first-order chi connectivity index (χ1) is 8.70. The average Bonchev–Trinajstić information content (AvgIpc) is 2.59. The summed E-state index contributed by atoms with van der Waals surface area (Å²) in [5, 5.41) is 19.3. The van der Waals surface area contributed by atoms with E-state index in [0.29, 0.717) is 12.2 Å². The number of likely N-dealkylation sites (tertiary alicyclic amines) is 1. The molecule has 18 heavy (non-hydrogen) atoms. The van der Waals surface area contributed by atoms with Crippen LogP contribution in [-0.2, 0) is 6.54 Å². The van der Waals surface area contributed by atoms with Crippen molar-refractivity contribution < 1.29 is 10.2 Å². The number of aromatic hydroxyl groups is 1. The number of hydrogen-bond donors (Lipinski definition) is 3. The summed E-state index contributed by atoms with van der Waals surface area (Å²) in [6.45, 7) is 1.81. The Balaban J connectivity index is 2.12. The van der Waals surface area contributed by atoms with Gasteiger partial charge >= 0.3 is 0 Å². The van der Waals surface area contributed by atoms with Gasteiger partial charge in [-0.15, -0.1) is 0 Å². The van der Waals surface area contributed by atoms with Gasteiger partial charge < -0.3 is 15.9 Å². The van der Waals surface area contributed by atoms with Crippen LogP contribution in [0.4, 0.5) is 5.69 Å². The Morgan fingerprint density at radius 3 is 2.89 bits per heavy atom. The lowest BCUT2D eigenvalue weighted by Crippen LogP contribution is -2.36. The molecule has 0 bridgehead atoms. The Morgan fingerprint density at radius 2 is 2.11 bits per heavy atom. The number of nitrogen functional groups attached to an aromatic ring is 1. The summed E-state index contributed by atoms with van der Waals surface area (Å²) >= 11 is 0. The first-order valence-corrected chi connectivity index (χ1v) is 6.63. The predicted octanol–water partition coefficient (Wildman–Crippen LogP) is 1.71. The molecule has 0 spiro atoms. The summed E-state index contributed by atoms with van der Waals surface area (Å²) in [4.78, 5) is 2.25. The minimum atomic E-state index is 0.184. The van der Waals surface area contributed by atoms with Crippen LogP contribution in [0.25, 0.3) is 0 Å². The van der Waals surface area contributed by atoms with Gasteiger partial charge in [-0.05, 0) is 37.6 Å². The summed E-state index contributed by atoms with van der Waals surface area (Å²) in [5.41, 5.74) is 7.26. The Bertz CT molecular complexity index is 395. The summed E-state index contributed by atoms with van der Waals surface area (Å²) in [5.74, 6) is 0.283. The van der Waals surface area contributed by atoms with Crippen LogP contribution in [0.5, 0.6) is 5.75 Å². The van der Waals surface area contributed by atoms with E-state index in [1.54, 1.807) is 12.1 Å². The third-order valence-corrected chi connectivity index (χ3v) is 3.69. The highest BCUT2D eigenvalue weighted by Gasteiger charge is 2.21. The molecule has 1 aromatic rings. The van der Waals surface area contributed by atoms with Gasteiger partial charge in [0.2, 0.25) is 0 Å². The lowest BCUT2D eigenvalue weighted by molar-refractivity contribution is 0.117. The number of hydrogen-bond acceptors (Lipinski definition) is 4.